The first-order chi connectivity index (χ1) is 7.84. The van der Waals surface area contributed by atoms with Gasteiger partial charge < -0.3 is 9.73 Å². The molecule has 0 aliphatic heterocycles. The number of hydrogen-bond acceptors (Lipinski definition) is 2. The smallest absolute Gasteiger partial charge is 0.131 e. The summed E-state index contributed by atoms with van der Waals surface area (Å²) in [6.07, 6.45) is 9.79. The summed E-state index contributed by atoms with van der Waals surface area (Å²) in [5.41, 5.74) is 0. The van der Waals surface area contributed by atoms with Gasteiger partial charge in [-0.2, -0.15) is 0 Å². The molecular weight excluding hydrogens is 266 g/mol. The summed E-state index contributed by atoms with van der Waals surface area (Å²) in [6.45, 7) is 4.16. The van der Waals surface area contributed by atoms with Crippen LogP contribution in [0.25, 0.3) is 0 Å². The summed E-state index contributed by atoms with van der Waals surface area (Å²) in [4.78, 5) is 0. The van der Waals surface area contributed by atoms with E-state index >= 15 is 0 Å². The molecule has 0 spiro atoms. The molecule has 92 valence electrons. The van der Waals surface area contributed by atoms with Crippen LogP contribution in [0, 0.1) is 0 Å². The maximum Gasteiger partial charge on any atom is 0.131 e. The third-order valence-corrected chi connectivity index (χ3v) is 3.39. The molecule has 0 radical (unpaired) electrons. The zero-order valence-electron chi connectivity index (χ0n) is 10.1. The second-order valence-corrected chi connectivity index (χ2v) is 4.99. The van der Waals surface area contributed by atoms with Gasteiger partial charge in [0.05, 0.1) is 17.3 Å². The van der Waals surface area contributed by atoms with Crippen molar-refractivity contribution in [2.24, 2.45) is 0 Å². The van der Waals surface area contributed by atoms with Crippen molar-refractivity contribution in [3.63, 3.8) is 0 Å². The van der Waals surface area contributed by atoms with Crippen molar-refractivity contribution in [3.8, 4) is 0 Å². The summed E-state index contributed by atoms with van der Waals surface area (Å²) >= 11 is 3.44. The molecule has 1 N–H and O–H groups in total. The van der Waals surface area contributed by atoms with Gasteiger partial charge in [0.15, 0.2) is 0 Å². The molecule has 1 heterocycles. The average Bonchev–Trinajstić information content (AvgIpc) is 2.68. The molecule has 0 saturated carbocycles. The van der Waals surface area contributed by atoms with E-state index in [1.807, 2.05) is 6.07 Å². The molecule has 0 aliphatic rings. The lowest BCUT2D eigenvalue weighted by atomic mass is 10.1. The van der Waals surface area contributed by atoms with Gasteiger partial charge in [-0.15, -0.1) is 0 Å². The molecule has 1 rings (SSSR count). The average molecular weight is 288 g/mol. The molecule has 0 fully saturated rings. The maximum absolute atomic E-state index is 5.31. The van der Waals surface area contributed by atoms with Crippen molar-refractivity contribution in [1.82, 2.24) is 5.32 Å². The van der Waals surface area contributed by atoms with Gasteiger partial charge >= 0.3 is 0 Å². The third kappa shape index (κ3) is 5.71. The van der Waals surface area contributed by atoms with E-state index in [1.54, 1.807) is 6.26 Å². The molecule has 1 aromatic heterocycles. The van der Waals surface area contributed by atoms with E-state index < -0.39 is 0 Å². The topological polar surface area (TPSA) is 25.2 Å². The van der Waals surface area contributed by atoms with Crippen LogP contribution in [0.2, 0.25) is 0 Å². The molecule has 16 heavy (non-hydrogen) atoms. The Morgan fingerprint density at radius 2 is 1.94 bits per heavy atom. The van der Waals surface area contributed by atoms with Gasteiger partial charge in [-0.1, -0.05) is 39.0 Å². The molecule has 0 aliphatic carbocycles. The molecule has 1 aromatic rings. The fraction of sp³-hybridized carbons (Fsp3) is 0.692. The van der Waals surface area contributed by atoms with E-state index in [4.69, 9.17) is 4.42 Å². The Hall–Kier alpha value is -0.280. The van der Waals surface area contributed by atoms with Gasteiger partial charge in [0, 0.05) is 0 Å². The van der Waals surface area contributed by atoms with E-state index in [1.165, 1.54) is 38.5 Å². The minimum Gasteiger partial charge on any atom is -0.467 e. The van der Waals surface area contributed by atoms with Crippen molar-refractivity contribution in [2.45, 2.75) is 52.0 Å². The van der Waals surface area contributed by atoms with Crippen molar-refractivity contribution < 1.29 is 4.42 Å². The lowest BCUT2D eigenvalue weighted by Gasteiger charge is -2.03. The Morgan fingerprint density at radius 1 is 1.19 bits per heavy atom. The zero-order chi connectivity index (χ0) is 11.6. The van der Waals surface area contributed by atoms with Gasteiger partial charge in [-0.05, 0) is 35.0 Å². The fourth-order valence-corrected chi connectivity index (χ4v) is 2.03. The Morgan fingerprint density at radius 3 is 2.62 bits per heavy atom. The maximum atomic E-state index is 5.31. The second kappa shape index (κ2) is 8.82. The molecule has 0 amide bonds. The normalized spacial score (nSPS) is 10.9. The van der Waals surface area contributed by atoms with Crippen molar-refractivity contribution in [3.05, 3.63) is 22.6 Å². The van der Waals surface area contributed by atoms with Crippen LogP contribution in [-0.4, -0.2) is 6.54 Å². The number of nitrogens with one attached hydrogen (secondary N) is 1. The molecule has 0 saturated heterocycles. The van der Waals surface area contributed by atoms with Gasteiger partial charge in [0.25, 0.3) is 0 Å². The minimum atomic E-state index is 0.822. The van der Waals surface area contributed by atoms with Gasteiger partial charge in [0.1, 0.15) is 5.76 Å². The Kier molecular flexibility index (Phi) is 7.60. The summed E-state index contributed by atoms with van der Waals surface area (Å²) < 4.78 is 6.37. The highest BCUT2D eigenvalue weighted by molar-refractivity contribution is 9.10. The van der Waals surface area contributed by atoms with Crippen LogP contribution in [0.3, 0.4) is 0 Å². The monoisotopic (exact) mass is 287 g/mol. The summed E-state index contributed by atoms with van der Waals surface area (Å²) in [7, 11) is 0. The second-order valence-electron chi connectivity index (χ2n) is 4.14. The molecule has 0 unspecified atom stereocenters. The van der Waals surface area contributed by atoms with Crippen LogP contribution in [-0.2, 0) is 6.54 Å². The predicted molar refractivity (Wildman–Crippen MR) is 71.5 cm³/mol. The first-order valence-corrected chi connectivity index (χ1v) is 7.06. The lowest BCUT2D eigenvalue weighted by Crippen LogP contribution is -2.14. The van der Waals surface area contributed by atoms with E-state index in [-0.39, 0.29) is 0 Å². The van der Waals surface area contributed by atoms with Crippen LogP contribution >= 0.6 is 15.9 Å². The molecular formula is C13H22BrNO. The van der Waals surface area contributed by atoms with Gasteiger partial charge in [-0.25, -0.2) is 0 Å². The van der Waals surface area contributed by atoms with Gasteiger partial charge in [-0.3, -0.25) is 0 Å². The van der Waals surface area contributed by atoms with Crippen LogP contribution in [0.5, 0.6) is 0 Å². The van der Waals surface area contributed by atoms with Crippen LogP contribution in [0.4, 0.5) is 0 Å². The van der Waals surface area contributed by atoms with Crippen molar-refractivity contribution >= 4 is 15.9 Å². The molecule has 0 bridgehead atoms. The van der Waals surface area contributed by atoms with Gasteiger partial charge in [0.2, 0.25) is 0 Å². The molecule has 2 nitrogen and oxygen atoms in total. The molecule has 3 heteroatoms. The first-order valence-electron chi connectivity index (χ1n) is 6.27. The molecule has 0 atom stereocenters. The minimum absolute atomic E-state index is 0.822. The highest BCUT2D eigenvalue weighted by Crippen LogP contribution is 2.16. The third-order valence-electron chi connectivity index (χ3n) is 2.68. The SMILES string of the molecule is CCCCCCCCNCc1occc1Br. The van der Waals surface area contributed by atoms with E-state index in [0.29, 0.717) is 0 Å². The number of hydrogen-bond donors (Lipinski definition) is 1. The fourth-order valence-electron chi connectivity index (χ4n) is 1.68. The Bertz CT molecular complexity index is 273. The summed E-state index contributed by atoms with van der Waals surface area (Å²) in [5.74, 6) is 0.992. The number of furan rings is 1. The van der Waals surface area contributed by atoms with E-state index in [9.17, 15) is 0 Å². The zero-order valence-corrected chi connectivity index (χ0v) is 11.7. The Balaban J connectivity index is 1.91. The lowest BCUT2D eigenvalue weighted by molar-refractivity contribution is 0.474. The number of halogens is 1. The molecule has 0 aromatic carbocycles. The Labute approximate surface area is 107 Å². The van der Waals surface area contributed by atoms with Crippen LogP contribution < -0.4 is 5.32 Å². The number of unbranched alkanes of at least 4 members (excludes halogenated alkanes) is 5. The van der Waals surface area contributed by atoms with Crippen LogP contribution in [0.15, 0.2) is 21.2 Å². The highest BCUT2D eigenvalue weighted by Gasteiger charge is 2.01. The summed E-state index contributed by atoms with van der Waals surface area (Å²) in [6, 6.07) is 1.93. The van der Waals surface area contributed by atoms with E-state index in [0.717, 1.165) is 23.3 Å². The van der Waals surface area contributed by atoms with E-state index in [2.05, 4.69) is 28.2 Å². The highest BCUT2D eigenvalue weighted by atomic mass is 79.9. The van der Waals surface area contributed by atoms with Crippen molar-refractivity contribution in [2.75, 3.05) is 6.54 Å². The summed E-state index contributed by atoms with van der Waals surface area (Å²) in [5, 5.41) is 3.40. The van der Waals surface area contributed by atoms with Crippen LogP contribution in [0.1, 0.15) is 51.2 Å². The predicted octanol–water partition coefficient (Wildman–Crippen LogP) is 4.49. The standard InChI is InChI=1S/C13H22BrNO/c1-2-3-4-5-6-7-9-15-11-13-12(14)8-10-16-13/h8,10,15H,2-7,9,11H2,1H3. The quantitative estimate of drug-likeness (QED) is 0.677. The first kappa shape index (κ1) is 13.8. The number of rotatable bonds is 9. The largest absolute Gasteiger partial charge is 0.467 e. The van der Waals surface area contributed by atoms with Crippen molar-refractivity contribution in [1.29, 1.82) is 0 Å².